The number of nitrogens with zero attached hydrogens (tertiary/aromatic N) is 3. The van der Waals surface area contributed by atoms with Crippen molar-refractivity contribution in [1.82, 2.24) is 20.1 Å². The molecule has 1 fully saturated rings. The molecule has 1 aromatic heterocycles. The van der Waals surface area contributed by atoms with Gasteiger partial charge in [0.25, 0.3) is 5.91 Å². The minimum Gasteiger partial charge on any atom is -0.337 e. The Morgan fingerprint density at radius 1 is 1.17 bits per heavy atom. The van der Waals surface area contributed by atoms with Crippen molar-refractivity contribution in [3.8, 4) is 0 Å². The number of pyridine rings is 1. The van der Waals surface area contributed by atoms with Crippen LogP contribution in [0.25, 0.3) is 0 Å². The number of urea groups is 1. The van der Waals surface area contributed by atoms with Crippen LogP contribution in [0, 0.1) is 5.41 Å². The summed E-state index contributed by atoms with van der Waals surface area (Å²) in [4.78, 5) is 32.3. The molecule has 1 N–H and O–H groups in total. The second kappa shape index (κ2) is 7.44. The smallest absolute Gasteiger partial charge is 0.317 e. The Kier molecular flexibility index (Phi) is 5.58. The van der Waals surface area contributed by atoms with E-state index in [1.165, 1.54) is 0 Å². The molecule has 2 rings (SSSR count). The van der Waals surface area contributed by atoms with E-state index in [0.717, 1.165) is 6.42 Å². The molecule has 0 radical (unpaired) electrons. The number of hydrogen-bond donors (Lipinski definition) is 1. The zero-order chi connectivity index (χ0) is 16.9. The molecular formula is C17H26N4O2. The van der Waals surface area contributed by atoms with Gasteiger partial charge in [-0.1, -0.05) is 20.8 Å². The van der Waals surface area contributed by atoms with E-state index in [0.29, 0.717) is 38.3 Å². The van der Waals surface area contributed by atoms with Gasteiger partial charge in [-0.2, -0.15) is 0 Å². The van der Waals surface area contributed by atoms with E-state index in [9.17, 15) is 9.59 Å². The van der Waals surface area contributed by atoms with E-state index in [1.54, 1.807) is 34.3 Å². The number of rotatable bonds is 2. The highest BCUT2D eigenvalue weighted by Crippen LogP contribution is 2.12. The van der Waals surface area contributed by atoms with Crippen molar-refractivity contribution in [3.63, 3.8) is 0 Å². The highest BCUT2D eigenvalue weighted by molar-refractivity contribution is 5.93. The molecule has 1 aliphatic heterocycles. The first-order valence-electron chi connectivity index (χ1n) is 8.09. The number of amides is 3. The monoisotopic (exact) mass is 318 g/mol. The maximum Gasteiger partial charge on any atom is 0.317 e. The first kappa shape index (κ1) is 17.2. The normalized spacial score (nSPS) is 16.0. The molecule has 0 unspecified atom stereocenters. The van der Waals surface area contributed by atoms with Crippen LogP contribution < -0.4 is 5.32 Å². The third-order valence-corrected chi connectivity index (χ3v) is 3.75. The topological polar surface area (TPSA) is 65.5 Å². The Morgan fingerprint density at radius 3 is 2.52 bits per heavy atom. The molecule has 6 nitrogen and oxygen atoms in total. The predicted molar refractivity (Wildman–Crippen MR) is 89.2 cm³/mol. The van der Waals surface area contributed by atoms with Gasteiger partial charge < -0.3 is 15.1 Å². The van der Waals surface area contributed by atoms with Crippen LogP contribution in [0.3, 0.4) is 0 Å². The van der Waals surface area contributed by atoms with Crippen LogP contribution in [0.4, 0.5) is 4.79 Å². The lowest BCUT2D eigenvalue weighted by Crippen LogP contribution is -2.44. The van der Waals surface area contributed by atoms with E-state index < -0.39 is 0 Å². The molecule has 0 aromatic carbocycles. The summed E-state index contributed by atoms with van der Waals surface area (Å²) in [5.41, 5.74) is 0.655. The summed E-state index contributed by atoms with van der Waals surface area (Å²) in [6.07, 6.45) is 4.02. The summed E-state index contributed by atoms with van der Waals surface area (Å²) in [6, 6.07) is 3.49. The van der Waals surface area contributed by atoms with Crippen molar-refractivity contribution in [2.45, 2.75) is 27.2 Å². The second-order valence-corrected chi connectivity index (χ2v) is 7.09. The lowest BCUT2D eigenvalue weighted by molar-refractivity contribution is 0.0762. The van der Waals surface area contributed by atoms with E-state index in [-0.39, 0.29) is 17.4 Å². The molecule has 6 heteroatoms. The lowest BCUT2D eigenvalue weighted by atomic mass is 9.97. The Bertz CT molecular complexity index is 539. The largest absolute Gasteiger partial charge is 0.337 e. The zero-order valence-corrected chi connectivity index (χ0v) is 14.2. The minimum atomic E-state index is -0.0457. The third kappa shape index (κ3) is 5.23. The van der Waals surface area contributed by atoms with E-state index in [2.05, 4.69) is 31.1 Å². The van der Waals surface area contributed by atoms with E-state index in [4.69, 9.17) is 0 Å². The van der Waals surface area contributed by atoms with Crippen LogP contribution in [0.5, 0.6) is 0 Å². The Labute approximate surface area is 137 Å². The van der Waals surface area contributed by atoms with Crippen LogP contribution in [0.15, 0.2) is 24.5 Å². The fourth-order valence-electron chi connectivity index (χ4n) is 2.45. The SMILES string of the molecule is CC(C)(C)CNC(=O)N1CCCN(C(=O)c2cccnc2)CC1. The summed E-state index contributed by atoms with van der Waals surface area (Å²) < 4.78 is 0. The van der Waals surface area contributed by atoms with Crippen molar-refractivity contribution in [1.29, 1.82) is 0 Å². The fraction of sp³-hybridized carbons (Fsp3) is 0.588. The summed E-state index contributed by atoms with van der Waals surface area (Å²) in [5, 5.41) is 2.97. The van der Waals surface area contributed by atoms with E-state index >= 15 is 0 Å². The van der Waals surface area contributed by atoms with Crippen molar-refractivity contribution < 1.29 is 9.59 Å². The van der Waals surface area contributed by atoms with Gasteiger partial charge in [-0.05, 0) is 24.0 Å². The van der Waals surface area contributed by atoms with Gasteiger partial charge in [0, 0.05) is 45.1 Å². The quantitative estimate of drug-likeness (QED) is 0.907. The number of carbonyl (C=O) groups is 2. The molecule has 126 valence electrons. The van der Waals surface area contributed by atoms with E-state index in [1.807, 2.05) is 0 Å². The Balaban J connectivity index is 1.89. The standard InChI is InChI=1S/C17H26N4O2/c1-17(2,3)13-19-16(23)21-9-5-8-20(10-11-21)15(22)14-6-4-7-18-12-14/h4,6-7,12H,5,8-11,13H2,1-3H3,(H,19,23). The molecule has 0 spiro atoms. The number of hydrogen-bond acceptors (Lipinski definition) is 3. The van der Waals surface area contributed by atoms with Gasteiger partial charge in [-0.25, -0.2) is 4.79 Å². The third-order valence-electron chi connectivity index (χ3n) is 3.75. The minimum absolute atomic E-state index is 0.0185. The summed E-state index contributed by atoms with van der Waals surface area (Å²) >= 11 is 0. The summed E-state index contributed by atoms with van der Waals surface area (Å²) in [7, 11) is 0. The maximum atomic E-state index is 12.5. The van der Waals surface area contributed by atoms with Gasteiger partial charge in [-0.15, -0.1) is 0 Å². The van der Waals surface area contributed by atoms with Crippen molar-refractivity contribution >= 4 is 11.9 Å². The van der Waals surface area contributed by atoms with Gasteiger partial charge >= 0.3 is 6.03 Å². The molecule has 0 atom stereocenters. The summed E-state index contributed by atoms with van der Waals surface area (Å²) in [6.45, 7) is 9.35. The highest BCUT2D eigenvalue weighted by Gasteiger charge is 2.23. The van der Waals surface area contributed by atoms with Crippen molar-refractivity contribution in [2.24, 2.45) is 5.41 Å². The average Bonchev–Trinajstić information content (AvgIpc) is 2.78. The number of nitrogens with one attached hydrogen (secondary N) is 1. The van der Waals surface area contributed by atoms with Gasteiger partial charge in [0.2, 0.25) is 0 Å². The first-order chi connectivity index (χ1) is 10.9. The lowest BCUT2D eigenvalue weighted by Gasteiger charge is -2.25. The molecule has 0 bridgehead atoms. The predicted octanol–water partition coefficient (Wildman–Crippen LogP) is 1.99. The molecule has 23 heavy (non-hydrogen) atoms. The molecule has 1 aromatic rings. The maximum absolute atomic E-state index is 12.5. The number of aromatic nitrogens is 1. The molecular weight excluding hydrogens is 292 g/mol. The van der Waals surface area contributed by atoms with Crippen LogP contribution in [0.2, 0.25) is 0 Å². The molecule has 1 saturated heterocycles. The molecule has 0 aliphatic carbocycles. The second-order valence-electron chi connectivity index (χ2n) is 7.09. The van der Waals surface area contributed by atoms with Crippen LogP contribution in [0.1, 0.15) is 37.6 Å². The fourth-order valence-corrected chi connectivity index (χ4v) is 2.45. The van der Waals surface area contributed by atoms with Crippen molar-refractivity contribution in [3.05, 3.63) is 30.1 Å². The average molecular weight is 318 g/mol. The Morgan fingerprint density at radius 2 is 1.87 bits per heavy atom. The Hall–Kier alpha value is -2.11. The number of carbonyl (C=O) groups excluding carboxylic acids is 2. The van der Waals surface area contributed by atoms with Crippen LogP contribution in [-0.4, -0.2) is 59.4 Å². The van der Waals surface area contributed by atoms with Gasteiger partial charge in [-0.3, -0.25) is 9.78 Å². The first-order valence-corrected chi connectivity index (χ1v) is 8.09. The van der Waals surface area contributed by atoms with Crippen LogP contribution in [-0.2, 0) is 0 Å². The zero-order valence-electron chi connectivity index (χ0n) is 14.2. The summed E-state index contributed by atoms with van der Waals surface area (Å²) in [5.74, 6) is -0.0185. The molecule has 0 saturated carbocycles. The molecule has 1 aliphatic rings. The van der Waals surface area contributed by atoms with Crippen LogP contribution >= 0.6 is 0 Å². The highest BCUT2D eigenvalue weighted by atomic mass is 16.2. The van der Waals surface area contributed by atoms with Gasteiger partial charge in [0.05, 0.1) is 5.56 Å². The molecule has 3 amide bonds. The molecule has 2 heterocycles. The van der Waals surface area contributed by atoms with Gasteiger partial charge in [0.1, 0.15) is 0 Å². The van der Waals surface area contributed by atoms with Crippen molar-refractivity contribution in [2.75, 3.05) is 32.7 Å². The van der Waals surface area contributed by atoms with Gasteiger partial charge in [0.15, 0.2) is 0 Å².